The summed E-state index contributed by atoms with van der Waals surface area (Å²) in [4.78, 5) is 13.1. The monoisotopic (exact) mass is 310 g/mol. The summed E-state index contributed by atoms with van der Waals surface area (Å²) >= 11 is 1.59. The second-order valence-electron chi connectivity index (χ2n) is 5.37. The highest BCUT2D eigenvalue weighted by molar-refractivity contribution is 7.98. The molecule has 2 aromatic carbocycles. The van der Waals surface area contributed by atoms with Crippen LogP contribution < -0.4 is 0 Å². The summed E-state index contributed by atoms with van der Waals surface area (Å²) in [6, 6.07) is 8.72. The molecular weight excluding hydrogens is 295 g/mol. The van der Waals surface area contributed by atoms with Gasteiger partial charge in [0.2, 0.25) is 0 Å². The van der Waals surface area contributed by atoms with Crippen molar-refractivity contribution in [2.24, 2.45) is 0 Å². The average molecular weight is 310 g/mol. The van der Waals surface area contributed by atoms with E-state index in [1.807, 2.05) is 24.5 Å². The second kappa shape index (κ2) is 5.98. The van der Waals surface area contributed by atoms with Gasteiger partial charge in [-0.1, -0.05) is 12.0 Å². The molecule has 3 rings (SSSR count). The number of thioether (sulfide) groups is 1. The number of carbonyl (C=O) groups excluding carboxylic acids is 1. The standard InChI is InChI=1S/C19H15FOS/c1-3-12-8-13(11-15(20)10-12)9-14-4-7-18(22-2)19-16(14)5-6-17(19)21/h1,4,7-8,10-11H,5-6,9H2,2H3. The van der Waals surface area contributed by atoms with E-state index in [-0.39, 0.29) is 11.6 Å². The van der Waals surface area contributed by atoms with Gasteiger partial charge in [-0.3, -0.25) is 4.79 Å². The van der Waals surface area contributed by atoms with Crippen molar-refractivity contribution in [1.29, 1.82) is 0 Å². The Morgan fingerprint density at radius 2 is 2.09 bits per heavy atom. The molecule has 1 aliphatic rings. The number of fused-ring (bicyclic) bond motifs is 1. The molecule has 0 bridgehead atoms. The number of carbonyl (C=O) groups is 1. The lowest BCUT2D eigenvalue weighted by atomic mass is 9.96. The third-order valence-electron chi connectivity index (χ3n) is 3.99. The summed E-state index contributed by atoms with van der Waals surface area (Å²) in [6.45, 7) is 0. The van der Waals surface area contributed by atoms with Gasteiger partial charge in [0.25, 0.3) is 0 Å². The maximum absolute atomic E-state index is 13.6. The predicted molar refractivity (Wildman–Crippen MR) is 88.0 cm³/mol. The number of ketones is 1. The highest BCUT2D eigenvalue weighted by atomic mass is 32.2. The van der Waals surface area contributed by atoms with Crippen LogP contribution in [0.3, 0.4) is 0 Å². The molecule has 0 N–H and O–H groups in total. The Morgan fingerprint density at radius 3 is 2.82 bits per heavy atom. The van der Waals surface area contributed by atoms with Crippen molar-refractivity contribution >= 4 is 17.5 Å². The normalized spacial score (nSPS) is 13.0. The maximum atomic E-state index is 13.6. The van der Waals surface area contributed by atoms with Gasteiger partial charge < -0.3 is 0 Å². The van der Waals surface area contributed by atoms with Gasteiger partial charge in [-0.05, 0) is 60.1 Å². The fourth-order valence-corrected chi connectivity index (χ4v) is 3.66. The van der Waals surface area contributed by atoms with Crippen LogP contribution in [-0.2, 0) is 12.8 Å². The number of rotatable bonds is 3. The zero-order valence-corrected chi connectivity index (χ0v) is 13.1. The Morgan fingerprint density at radius 1 is 1.27 bits per heavy atom. The minimum atomic E-state index is -0.320. The molecule has 1 nitrogen and oxygen atoms in total. The van der Waals surface area contributed by atoms with Gasteiger partial charge in [0, 0.05) is 22.4 Å². The second-order valence-corrected chi connectivity index (χ2v) is 6.22. The van der Waals surface area contributed by atoms with Crippen LogP contribution in [-0.4, -0.2) is 12.0 Å². The number of benzene rings is 2. The van der Waals surface area contributed by atoms with Crippen molar-refractivity contribution in [1.82, 2.24) is 0 Å². The molecule has 0 radical (unpaired) electrons. The van der Waals surface area contributed by atoms with Gasteiger partial charge in [-0.25, -0.2) is 4.39 Å². The quantitative estimate of drug-likeness (QED) is 0.623. The minimum Gasteiger partial charge on any atom is -0.294 e. The van der Waals surface area contributed by atoms with E-state index in [1.54, 1.807) is 11.8 Å². The number of hydrogen-bond donors (Lipinski definition) is 0. The highest BCUT2D eigenvalue weighted by Crippen LogP contribution is 2.34. The van der Waals surface area contributed by atoms with Crippen molar-refractivity contribution in [3.63, 3.8) is 0 Å². The molecule has 0 fully saturated rings. The van der Waals surface area contributed by atoms with E-state index in [9.17, 15) is 9.18 Å². The summed E-state index contributed by atoms with van der Waals surface area (Å²) in [7, 11) is 0. The summed E-state index contributed by atoms with van der Waals surface area (Å²) < 4.78 is 13.6. The van der Waals surface area contributed by atoms with E-state index in [0.29, 0.717) is 18.4 Å². The smallest absolute Gasteiger partial charge is 0.164 e. The molecule has 0 saturated carbocycles. The van der Waals surface area contributed by atoms with Crippen molar-refractivity contribution in [2.45, 2.75) is 24.2 Å². The van der Waals surface area contributed by atoms with Crippen LogP contribution in [0.25, 0.3) is 0 Å². The first kappa shape index (κ1) is 14.9. The summed E-state index contributed by atoms with van der Waals surface area (Å²) in [5, 5.41) is 0. The van der Waals surface area contributed by atoms with Crippen molar-refractivity contribution in [3.05, 3.63) is 64.0 Å². The summed E-state index contributed by atoms with van der Waals surface area (Å²) in [6.07, 6.45) is 9.28. The number of terminal acetylenes is 1. The SMILES string of the molecule is C#Cc1cc(F)cc(Cc2ccc(SC)c3c2CCC3=O)c1. The first-order valence-electron chi connectivity index (χ1n) is 7.10. The number of hydrogen-bond acceptors (Lipinski definition) is 2. The third kappa shape index (κ3) is 2.67. The fourth-order valence-electron chi connectivity index (χ4n) is 3.02. The van der Waals surface area contributed by atoms with E-state index < -0.39 is 0 Å². The zero-order chi connectivity index (χ0) is 15.7. The van der Waals surface area contributed by atoms with Crippen LogP contribution in [0.5, 0.6) is 0 Å². The Kier molecular flexibility index (Phi) is 4.04. The molecule has 3 heteroatoms. The lowest BCUT2D eigenvalue weighted by Crippen LogP contribution is -2.00. The summed E-state index contributed by atoms with van der Waals surface area (Å²) in [5.74, 6) is 2.37. The molecule has 22 heavy (non-hydrogen) atoms. The first-order valence-corrected chi connectivity index (χ1v) is 8.33. The van der Waals surface area contributed by atoms with E-state index in [0.717, 1.165) is 33.6 Å². The van der Waals surface area contributed by atoms with Gasteiger partial charge in [0.1, 0.15) is 5.82 Å². The molecule has 0 spiro atoms. The molecule has 0 unspecified atom stereocenters. The van der Waals surface area contributed by atoms with Crippen molar-refractivity contribution in [3.8, 4) is 12.3 Å². The van der Waals surface area contributed by atoms with E-state index in [4.69, 9.17) is 6.42 Å². The van der Waals surface area contributed by atoms with Gasteiger partial charge in [-0.2, -0.15) is 0 Å². The zero-order valence-electron chi connectivity index (χ0n) is 12.3. The average Bonchev–Trinajstić information content (AvgIpc) is 2.90. The predicted octanol–water partition coefficient (Wildman–Crippen LogP) is 4.25. The summed E-state index contributed by atoms with van der Waals surface area (Å²) in [5.41, 5.74) is 4.45. The van der Waals surface area contributed by atoms with Crippen LogP contribution in [0.15, 0.2) is 35.2 Å². The lowest BCUT2D eigenvalue weighted by molar-refractivity contribution is 0.0992. The fraction of sp³-hybridized carbons (Fsp3) is 0.211. The molecule has 0 saturated heterocycles. The molecular formula is C19H15FOS. The molecule has 110 valence electrons. The Labute approximate surface area is 133 Å². The van der Waals surface area contributed by atoms with Crippen LogP contribution in [0.2, 0.25) is 0 Å². The minimum absolute atomic E-state index is 0.213. The molecule has 0 aromatic heterocycles. The first-order chi connectivity index (χ1) is 10.6. The van der Waals surface area contributed by atoms with Crippen LogP contribution in [0, 0.1) is 18.2 Å². The van der Waals surface area contributed by atoms with Crippen LogP contribution >= 0.6 is 11.8 Å². The molecule has 0 amide bonds. The van der Waals surface area contributed by atoms with Crippen molar-refractivity contribution < 1.29 is 9.18 Å². The maximum Gasteiger partial charge on any atom is 0.164 e. The Hall–Kier alpha value is -2.05. The molecule has 0 aliphatic heterocycles. The van der Waals surface area contributed by atoms with Crippen LogP contribution in [0.4, 0.5) is 4.39 Å². The van der Waals surface area contributed by atoms with E-state index >= 15 is 0 Å². The van der Waals surface area contributed by atoms with Gasteiger partial charge in [0.05, 0.1) is 0 Å². The highest BCUT2D eigenvalue weighted by Gasteiger charge is 2.25. The molecule has 1 aliphatic carbocycles. The topological polar surface area (TPSA) is 17.1 Å². The van der Waals surface area contributed by atoms with E-state index in [1.165, 1.54) is 12.1 Å². The lowest BCUT2D eigenvalue weighted by Gasteiger charge is -2.11. The van der Waals surface area contributed by atoms with Crippen molar-refractivity contribution in [2.75, 3.05) is 6.26 Å². The molecule has 0 heterocycles. The van der Waals surface area contributed by atoms with E-state index in [2.05, 4.69) is 5.92 Å². The molecule has 0 atom stereocenters. The van der Waals surface area contributed by atoms with Gasteiger partial charge in [-0.15, -0.1) is 18.2 Å². The molecule has 2 aromatic rings. The Bertz CT molecular complexity index is 802. The Balaban J connectivity index is 2.03. The third-order valence-corrected chi connectivity index (χ3v) is 4.77. The largest absolute Gasteiger partial charge is 0.294 e. The van der Waals surface area contributed by atoms with Gasteiger partial charge >= 0.3 is 0 Å². The number of halogens is 1. The number of Topliss-reactive ketones (excluding diaryl/α,β-unsaturated/α-hetero) is 1. The van der Waals surface area contributed by atoms with Gasteiger partial charge in [0.15, 0.2) is 5.78 Å². The van der Waals surface area contributed by atoms with Crippen LogP contribution in [0.1, 0.15) is 39.0 Å².